The number of hydrogen-bond acceptors (Lipinski definition) is 4. The van der Waals surface area contributed by atoms with Crippen molar-refractivity contribution in [1.29, 1.82) is 0 Å². The van der Waals surface area contributed by atoms with Crippen LogP contribution in [0.25, 0.3) is 5.69 Å². The number of nitrogens with one attached hydrogen (secondary N) is 1. The molecule has 130 valence electrons. The Morgan fingerprint density at radius 3 is 1.96 bits per heavy atom. The summed E-state index contributed by atoms with van der Waals surface area (Å²) in [6.07, 6.45) is 6.97. The summed E-state index contributed by atoms with van der Waals surface area (Å²) in [6, 6.07) is 7.37. The van der Waals surface area contributed by atoms with Crippen LogP contribution in [0.4, 0.5) is 5.69 Å². The molecule has 2 aromatic rings. The van der Waals surface area contributed by atoms with Crippen molar-refractivity contribution in [3.63, 3.8) is 0 Å². The number of rotatable bonds is 4. The number of anilines is 1. The number of carboxylic acid groups (broad SMARTS) is 1. The van der Waals surface area contributed by atoms with Crippen molar-refractivity contribution >= 4 is 17.6 Å². The largest absolute Gasteiger partial charge is 0.481 e. The van der Waals surface area contributed by atoms with E-state index in [1.54, 1.807) is 12.4 Å². The molecule has 1 aromatic carbocycles. The molecule has 0 aliphatic heterocycles. The van der Waals surface area contributed by atoms with E-state index >= 15 is 0 Å². The van der Waals surface area contributed by atoms with Crippen LogP contribution in [-0.2, 0) is 9.59 Å². The lowest BCUT2D eigenvalue weighted by atomic mass is 9.53. The summed E-state index contributed by atoms with van der Waals surface area (Å²) < 4.78 is 0. The van der Waals surface area contributed by atoms with E-state index in [1.165, 1.54) is 4.80 Å². The number of benzene rings is 1. The van der Waals surface area contributed by atoms with E-state index in [1.807, 2.05) is 24.3 Å². The van der Waals surface area contributed by atoms with E-state index in [-0.39, 0.29) is 5.91 Å². The zero-order valence-corrected chi connectivity index (χ0v) is 13.8. The van der Waals surface area contributed by atoms with Crippen molar-refractivity contribution in [2.75, 3.05) is 5.32 Å². The highest BCUT2D eigenvalue weighted by molar-refractivity contribution is 5.96. The molecule has 0 spiro atoms. The maximum atomic E-state index is 12.8. The third kappa shape index (κ3) is 2.59. The van der Waals surface area contributed by atoms with Gasteiger partial charge in [0.1, 0.15) is 0 Å². The second kappa shape index (κ2) is 5.68. The fourth-order valence-electron chi connectivity index (χ4n) is 4.14. The fourth-order valence-corrected chi connectivity index (χ4v) is 4.14. The Balaban J connectivity index is 1.45. The lowest BCUT2D eigenvalue weighted by Gasteiger charge is -2.50. The first-order valence-electron chi connectivity index (χ1n) is 8.55. The van der Waals surface area contributed by atoms with Gasteiger partial charge in [0.25, 0.3) is 0 Å². The molecule has 2 bridgehead atoms. The summed E-state index contributed by atoms with van der Waals surface area (Å²) in [5.74, 6) is -0.694. The lowest BCUT2D eigenvalue weighted by Crippen LogP contribution is -2.50. The number of fused-ring (bicyclic) bond motifs is 3. The van der Waals surface area contributed by atoms with Gasteiger partial charge in [-0.05, 0) is 62.8 Å². The second-order valence-corrected chi connectivity index (χ2v) is 7.19. The minimum absolute atomic E-state index is 0.0103. The first kappa shape index (κ1) is 15.8. The molecular formula is C18H20N4O3. The SMILES string of the molecule is O=C(O)C12CCC(C(=O)Nc3ccc(-n4nccn4)cc3)(CC1)CC2. The maximum Gasteiger partial charge on any atom is 0.309 e. The molecule has 25 heavy (non-hydrogen) atoms. The zero-order chi connectivity index (χ0) is 17.5. The summed E-state index contributed by atoms with van der Waals surface area (Å²) in [6.45, 7) is 0. The van der Waals surface area contributed by atoms with Crippen LogP contribution < -0.4 is 5.32 Å². The van der Waals surface area contributed by atoms with Gasteiger partial charge in [0.05, 0.1) is 23.5 Å². The van der Waals surface area contributed by atoms with Gasteiger partial charge >= 0.3 is 5.97 Å². The van der Waals surface area contributed by atoms with Crippen molar-refractivity contribution in [3.05, 3.63) is 36.7 Å². The van der Waals surface area contributed by atoms with Crippen LogP contribution >= 0.6 is 0 Å². The lowest BCUT2D eigenvalue weighted by molar-refractivity contribution is -0.162. The topological polar surface area (TPSA) is 97.1 Å². The number of aliphatic carboxylic acids is 1. The van der Waals surface area contributed by atoms with Crippen molar-refractivity contribution in [2.24, 2.45) is 10.8 Å². The molecule has 3 aliphatic carbocycles. The van der Waals surface area contributed by atoms with Gasteiger partial charge in [-0.2, -0.15) is 15.0 Å². The van der Waals surface area contributed by atoms with Crippen molar-refractivity contribution in [3.8, 4) is 5.69 Å². The zero-order valence-electron chi connectivity index (χ0n) is 13.8. The van der Waals surface area contributed by atoms with Gasteiger partial charge in [0.2, 0.25) is 5.91 Å². The number of carboxylic acids is 1. The third-order valence-electron chi connectivity index (χ3n) is 5.96. The van der Waals surface area contributed by atoms with Gasteiger partial charge in [0.15, 0.2) is 0 Å². The molecule has 5 rings (SSSR count). The number of hydrogen-bond donors (Lipinski definition) is 2. The average molecular weight is 340 g/mol. The molecule has 0 atom stereocenters. The Bertz CT molecular complexity index is 774. The Kier molecular flexibility index (Phi) is 3.59. The molecule has 0 radical (unpaired) electrons. The van der Waals surface area contributed by atoms with E-state index in [4.69, 9.17) is 0 Å². The summed E-state index contributed by atoms with van der Waals surface area (Å²) >= 11 is 0. The number of amides is 1. The van der Waals surface area contributed by atoms with Crippen molar-refractivity contribution in [1.82, 2.24) is 15.0 Å². The van der Waals surface area contributed by atoms with Gasteiger partial charge in [-0.25, -0.2) is 0 Å². The van der Waals surface area contributed by atoms with Gasteiger partial charge in [0, 0.05) is 11.1 Å². The Morgan fingerprint density at radius 2 is 1.44 bits per heavy atom. The Morgan fingerprint density at radius 1 is 0.920 bits per heavy atom. The summed E-state index contributed by atoms with van der Waals surface area (Å²) in [7, 11) is 0. The predicted molar refractivity (Wildman–Crippen MR) is 90.2 cm³/mol. The van der Waals surface area contributed by atoms with Gasteiger partial charge in [-0.3, -0.25) is 9.59 Å². The smallest absolute Gasteiger partial charge is 0.309 e. The quantitative estimate of drug-likeness (QED) is 0.892. The molecule has 3 saturated carbocycles. The van der Waals surface area contributed by atoms with Crippen LogP contribution in [0.15, 0.2) is 36.7 Å². The normalized spacial score (nSPS) is 27.8. The Labute approximate surface area is 145 Å². The number of aromatic nitrogens is 3. The fraction of sp³-hybridized carbons (Fsp3) is 0.444. The molecule has 3 fully saturated rings. The van der Waals surface area contributed by atoms with Crippen LogP contribution in [0, 0.1) is 10.8 Å². The maximum absolute atomic E-state index is 12.8. The number of carbonyl (C=O) groups excluding carboxylic acids is 1. The minimum Gasteiger partial charge on any atom is -0.481 e. The Hall–Kier alpha value is -2.70. The first-order chi connectivity index (χ1) is 12.0. The van der Waals surface area contributed by atoms with E-state index in [0.717, 1.165) is 11.4 Å². The van der Waals surface area contributed by atoms with Gasteiger partial charge in [-0.15, -0.1) is 0 Å². The first-order valence-corrected chi connectivity index (χ1v) is 8.55. The molecule has 7 nitrogen and oxygen atoms in total. The third-order valence-corrected chi connectivity index (χ3v) is 5.96. The minimum atomic E-state index is -0.705. The molecular weight excluding hydrogens is 320 g/mol. The molecule has 0 unspecified atom stereocenters. The van der Waals surface area contributed by atoms with Crippen LogP contribution in [-0.4, -0.2) is 32.0 Å². The van der Waals surface area contributed by atoms with Crippen molar-refractivity contribution in [2.45, 2.75) is 38.5 Å². The molecule has 1 amide bonds. The van der Waals surface area contributed by atoms with E-state index in [9.17, 15) is 14.7 Å². The second-order valence-electron chi connectivity index (χ2n) is 7.19. The van der Waals surface area contributed by atoms with E-state index in [2.05, 4.69) is 15.5 Å². The standard InChI is InChI=1S/C18H20N4O3/c23-15(17-5-8-18(9-6-17,10-7-17)16(24)25)21-13-1-3-14(4-2-13)22-19-11-12-20-22/h1-4,11-12H,5-10H2,(H,21,23)(H,24,25). The predicted octanol–water partition coefficient (Wildman–Crippen LogP) is 2.63. The number of carbonyl (C=O) groups is 2. The van der Waals surface area contributed by atoms with Crippen LogP contribution in [0.5, 0.6) is 0 Å². The van der Waals surface area contributed by atoms with Gasteiger partial charge in [-0.1, -0.05) is 0 Å². The molecule has 7 heteroatoms. The number of nitrogens with zero attached hydrogens (tertiary/aromatic N) is 3. The van der Waals surface area contributed by atoms with Gasteiger partial charge < -0.3 is 10.4 Å². The van der Waals surface area contributed by atoms with E-state index in [0.29, 0.717) is 38.5 Å². The molecule has 0 saturated heterocycles. The monoisotopic (exact) mass is 340 g/mol. The van der Waals surface area contributed by atoms with Crippen LogP contribution in [0.2, 0.25) is 0 Å². The highest BCUT2D eigenvalue weighted by Crippen LogP contribution is 2.57. The molecule has 2 N–H and O–H groups in total. The molecule has 1 heterocycles. The summed E-state index contributed by atoms with van der Waals surface area (Å²) in [5, 5.41) is 20.6. The average Bonchev–Trinajstić information content (AvgIpc) is 3.18. The summed E-state index contributed by atoms with van der Waals surface area (Å²) in [4.78, 5) is 25.9. The van der Waals surface area contributed by atoms with E-state index < -0.39 is 16.8 Å². The summed E-state index contributed by atoms with van der Waals surface area (Å²) in [5.41, 5.74) is 0.540. The highest BCUT2D eigenvalue weighted by atomic mass is 16.4. The highest BCUT2D eigenvalue weighted by Gasteiger charge is 2.55. The molecule has 3 aliphatic rings. The molecule has 1 aromatic heterocycles. The van der Waals surface area contributed by atoms with Crippen molar-refractivity contribution < 1.29 is 14.7 Å². The van der Waals surface area contributed by atoms with Crippen LogP contribution in [0.3, 0.4) is 0 Å². The van der Waals surface area contributed by atoms with Crippen LogP contribution in [0.1, 0.15) is 38.5 Å².